The van der Waals surface area contributed by atoms with E-state index in [1.165, 1.54) is 17.5 Å². The van der Waals surface area contributed by atoms with E-state index in [2.05, 4.69) is 10.3 Å². The van der Waals surface area contributed by atoms with Crippen molar-refractivity contribution in [2.24, 2.45) is 5.92 Å². The summed E-state index contributed by atoms with van der Waals surface area (Å²) in [5, 5.41) is 12.2. The normalized spacial score (nSPS) is 21.2. The second-order valence-electron chi connectivity index (χ2n) is 4.68. The third-order valence-corrected chi connectivity index (χ3v) is 4.29. The highest BCUT2D eigenvalue weighted by atomic mass is 32.1. The number of rotatable bonds is 4. The summed E-state index contributed by atoms with van der Waals surface area (Å²) in [4.78, 5) is 27.3. The Kier molecular flexibility index (Phi) is 3.27. The minimum absolute atomic E-state index is 0.0576. The highest BCUT2D eigenvalue weighted by Gasteiger charge is 2.35. The molecule has 2 aromatic heterocycles. The van der Waals surface area contributed by atoms with Crippen molar-refractivity contribution in [2.45, 2.75) is 18.9 Å². The molecule has 0 atom stereocenters. The molecular weight excluding hydrogens is 280 g/mol. The van der Waals surface area contributed by atoms with E-state index >= 15 is 0 Å². The van der Waals surface area contributed by atoms with Gasteiger partial charge in [0, 0.05) is 6.04 Å². The fourth-order valence-corrected chi connectivity index (χ4v) is 2.87. The molecule has 1 saturated carbocycles. The maximum absolute atomic E-state index is 12.0. The van der Waals surface area contributed by atoms with Gasteiger partial charge in [-0.2, -0.15) is 0 Å². The van der Waals surface area contributed by atoms with Gasteiger partial charge in [-0.1, -0.05) is 0 Å². The number of nitrogens with zero attached hydrogens (tertiary/aromatic N) is 1. The topological polar surface area (TPSA) is 92.4 Å². The number of aromatic nitrogens is 1. The lowest BCUT2D eigenvalue weighted by atomic mass is 9.80. The number of carboxylic acid groups (broad SMARTS) is 1. The number of carbonyl (C=O) groups excluding carboxylic acids is 1. The zero-order valence-electron chi connectivity index (χ0n) is 10.4. The highest BCUT2D eigenvalue weighted by Crippen LogP contribution is 2.29. The summed E-state index contributed by atoms with van der Waals surface area (Å²) in [6, 6.07) is 3.48. The molecule has 0 saturated heterocycles. The third-order valence-electron chi connectivity index (χ3n) is 3.28. The number of hydrogen-bond donors (Lipinski definition) is 2. The second-order valence-corrected chi connectivity index (χ2v) is 5.71. The fraction of sp³-hybridized carbons (Fsp3) is 0.308. The van der Waals surface area contributed by atoms with E-state index in [0.717, 1.165) is 0 Å². The molecule has 6 nitrogen and oxygen atoms in total. The Balaban J connectivity index is 1.60. The molecule has 3 rings (SSSR count). The molecule has 20 heavy (non-hydrogen) atoms. The van der Waals surface area contributed by atoms with Gasteiger partial charge in [0.1, 0.15) is 4.88 Å². The van der Waals surface area contributed by atoms with Gasteiger partial charge in [0.25, 0.3) is 5.91 Å². The molecule has 2 aromatic rings. The lowest BCUT2D eigenvalue weighted by molar-refractivity contribution is -0.145. The first-order valence-electron chi connectivity index (χ1n) is 6.17. The quantitative estimate of drug-likeness (QED) is 0.899. The first kappa shape index (κ1) is 12.9. The number of carbonyl (C=O) groups is 2. The molecule has 7 heteroatoms. The number of aliphatic carboxylic acids is 1. The van der Waals surface area contributed by atoms with Crippen LogP contribution in [-0.4, -0.2) is 28.0 Å². The van der Waals surface area contributed by atoms with Gasteiger partial charge in [-0.15, -0.1) is 11.3 Å². The summed E-state index contributed by atoms with van der Waals surface area (Å²) in [6.07, 6.45) is 4.04. The summed E-state index contributed by atoms with van der Waals surface area (Å²) < 4.78 is 5.22. The fourth-order valence-electron chi connectivity index (χ4n) is 2.09. The predicted octanol–water partition coefficient (Wildman–Crippen LogP) is 2.00. The van der Waals surface area contributed by atoms with Gasteiger partial charge in [0.15, 0.2) is 10.8 Å². The van der Waals surface area contributed by atoms with Gasteiger partial charge in [0.05, 0.1) is 18.4 Å². The van der Waals surface area contributed by atoms with E-state index in [4.69, 9.17) is 9.52 Å². The van der Waals surface area contributed by atoms with Crippen molar-refractivity contribution in [3.63, 3.8) is 0 Å². The van der Waals surface area contributed by atoms with E-state index in [-0.39, 0.29) is 17.9 Å². The Morgan fingerprint density at radius 2 is 2.25 bits per heavy atom. The van der Waals surface area contributed by atoms with Crippen molar-refractivity contribution in [1.29, 1.82) is 0 Å². The molecule has 0 aromatic carbocycles. The summed E-state index contributed by atoms with van der Waals surface area (Å²) in [7, 11) is 0. The smallest absolute Gasteiger partial charge is 0.306 e. The number of carboxylic acids is 1. The van der Waals surface area contributed by atoms with Crippen LogP contribution in [0.3, 0.4) is 0 Å². The third kappa shape index (κ3) is 2.44. The summed E-state index contributed by atoms with van der Waals surface area (Å²) in [5.41, 5.74) is 0. The van der Waals surface area contributed by atoms with Gasteiger partial charge in [-0.25, -0.2) is 4.98 Å². The average Bonchev–Trinajstić information content (AvgIpc) is 3.01. The first-order chi connectivity index (χ1) is 9.63. The molecule has 1 aliphatic carbocycles. The van der Waals surface area contributed by atoms with Crippen LogP contribution in [0.4, 0.5) is 0 Å². The molecule has 0 bridgehead atoms. The predicted molar refractivity (Wildman–Crippen MR) is 71.4 cm³/mol. The van der Waals surface area contributed by atoms with Crippen LogP contribution in [0.1, 0.15) is 22.5 Å². The van der Waals surface area contributed by atoms with Crippen LogP contribution in [0, 0.1) is 5.92 Å². The Morgan fingerprint density at radius 1 is 1.45 bits per heavy atom. The molecule has 0 aliphatic heterocycles. The van der Waals surface area contributed by atoms with Gasteiger partial charge < -0.3 is 14.8 Å². The Bertz CT molecular complexity index is 629. The Morgan fingerprint density at radius 3 is 2.90 bits per heavy atom. The maximum atomic E-state index is 12.0. The Labute approximate surface area is 118 Å². The van der Waals surface area contributed by atoms with Crippen molar-refractivity contribution in [2.75, 3.05) is 0 Å². The second kappa shape index (κ2) is 5.09. The molecule has 1 aliphatic rings. The number of furan rings is 1. The van der Waals surface area contributed by atoms with Gasteiger partial charge in [-0.05, 0) is 25.0 Å². The van der Waals surface area contributed by atoms with Crippen LogP contribution in [0.15, 0.2) is 29.0 Å². The number of nitrogens with one attached hydrogen (secondary N) is 1. The summed E-state index contributed by atoms with van der Waals surface area (Å²) in [6.45, 7) is 0. The number of hydrogen-bond acceptors (Lipinski definition) is 5. The lowest BCUT2D eigenvalue weighted by Crippen LogP contribution is -2.46. The summed E-state index contributed by atoms with van der Waals surface area (Å²) >= 11 is 1.25. The zero-order valence-corrected chi connectivity index (χ0v) is 11.2. The van der Waals surface area contributed by atoms with E-state index < -0.39 is 5.97 Å². The van der Waals surface area contributed by atoms with Gasteiger partial charge >= 0.3 is 5.97 Å². The molecule has 1 fully saturated rings. The van der Waals surface area contributed by atoms with E-state index in [9.17, 15) is 9.59 Å². The molecule has 2 N–H and O–H groups in total. The van der Waals surface area contributed by atoms with Crippen molar-refractivity contribution in [1.82, 2.24) is 10.3 Å². The van der Waals surface area contributed by atoms with Crippen LogP contribution in [0.5, 0.6) is 0 Å². The highest BCUT2D eigenvalue weighted by molar-refractivity contribution is 7.16. The molecule has 0 unspecified atom stereocenters. The molecule has 0 radical (unpaired) electrons. The van der Waals surface area contributed by atoms with Crippen molar-refractivity contribution < 1.29 is 19.1 Å². The SMILES string of the molecule is O=C(NC1CC(C(=O)O)C1)c1cnc(-c2ccco2)s1. The van der Waals surface area contributed by atoms with Gasteiger partial charge in [0.2, 0.25) is 0 Å². The lowest BCUT2D eigenvalue weighted by Gasteiger charge is -2.32. The van der Waals surface area contributed by atoms with Crippen molar-refractivity contribution in [3.8, 4) is 10.8 Å². The van der Waals surface area contributed by atoms with Crippen LogP contribution in [0.2, 0.25) is 0 Å². The first-order valence-corrected chi connectivity index (χ1v) is 6.98. The molecule has 1 amide bonds. The minimum Gasteiger partial charge on any atom is -0.481 e. The number of amides is 1. The van der Waals surface area contributed by atoms with Crippen molar-refractivity contribution >= 4 is 23.2 Å². The Hall–Kier alpha value is -2.15. The molecular formula is C13H12N2O4S. The zero-order chi connectivity index (χ0) is 14.1. The average molecular weight is 292 g/mol. The summed E-state index contributed by atoms with van der Waals surface area (Å²) in [5.74, 6) is -0.716. The van der Waals surface area contributed by atoms with Crippen LogP contribution >= 0.6 is 11.3 Å². The van der Waals surface area contributed by atoms with Crippen LogP contribution in [0.25, 0.3) is 10.8 Å². The largest absolute Gasteiger partial charge is 0.481 e. The number of thiazole rings is 1. The maximum Gasteiger partial charge on any atom is 0.306 e. The molecule has 104 valence electrons. The van der Waals surface area contributed by atoms with E-state index in [1.807, 2.05) is 0 Å². The van der Waals surface area contributed by atoms with E-state index in [0.29, 0.717) is 28.5 Å². The standard InChI is InChI=1S/C13H12N2O4S/c16-11(15-8-4-7(5-8)13(17)18)10-6-14-12(20-10)9-2-1-3-19-9/h1-3,6-8H,4-5H2,(H,15,16)(H,17,18). The van der Waals surface area contributed by atoms with Crippen LogP contribution in [-0.2, 0) is 4.79 Å². The molecule has 2 heterocycles. The molecule has 0 spiro atoms. The van der Waals surface area contributed by atoms with Crippen LogP contribution < -0.4 is 5.32 Å². The monoisotopic (exact) mass is 292 g/mol. The van der Waals surface area contributed by atoms with E-state index in [1.54, 1.807) is 18.4 Å². The van der Waals surface area contributed by atoms with Gasteiger partial charge in [-0.3, -0.25) is 9.59 Å². The van der Waals surface area contributed by atoms with Crippen molar-refractivity contribution in [3.05, 3.63) is 29.5 Å². The minimum atomic E-state index is -0.798.